The molecule has 3 unspecified atom stereocenters. The number of fused-ring (bicyclic) bond motifs is 1. The van der Waals surface area contributed by atoms with Gasteiger partial charge in [0.2, 0.25) is 11.8 Å². The summed E-state index contributed by atoms with van der Waals surface area (Å²) in [7, 11) is 1.60. The van der Waals surface area contributed by atoms with Crippen molar-refractivity contribution in [2.45, 2.75) is 50.3 Å². The fourth-order valence-corrected chi connectivity index (χ4v) is 8.68. The number of methoxy groups -OCH3 is 1. The number of carboxylic acids is 1. The second-order valence-corrected chi connectivity index (χ2v) is 14.3. The van der Waals surface area contributed by atoms with Crippen LogP contribution in [-0.2, 0) is 19.1 Å². The number of oxazole rings is 1. The number of ether oxygens (including phenoxy) is 3. The van der Waals surface area contributed by atoms with Crippen molar-refractivity contribution in [1.29, 1.82) is 0 Å². The molecule has 2 aromatic rings. The van der Waals surface area contributed by atoms with Crippen molar-refractivity contribution < 1.29 is 42.9 Å². The highest BCUT2D eigenvalue weighted by molar-refractivity contribution is 8.09. The fraction of sp³-hybridized carbons (Fsp3) is 0.545. The van der Waals surface area contributed by atoms with E-state index in [-0.39, 0.29) is 50.8 Å². The van der Waals surface area contributed by atoms with Gasteiger partial charge in [-0.2, -0.15) is 0 Å². The average molecular weight is 682 g/mol. The Labute approximate surface area is 281 Å². The minimum Gasteiger partial charge on any atom is -0.496 e. The van der Waals surface area contributed by atoms with Gasteiger partial charge in [-0.05, 0) is 38.3 Å². The summed E-state index contributed by atoms with van der Waals surface area (Å²) in [5.41, 5.74) is 0.590. The largest absolute Gasteiger partial charge is 0.496 e. The number of likely N-dealkylation sites (tertiary alicyclic amines) is 2. The Morgan fingerprint density at radius 1 is 1.15 bits per heavy atom. The number of rotatable bonds is 9. The highest BCUT2D eigenvalue weighted by Gasteiger charge is 2.57. The monoisotopic (exact) mass is 681 g/mol. The zero-order valence-corrected chi connectivity index (χ0v) is 27.9. The van der Waals surface area contributed by atoms with E-state index < -0.39 is 40.9 Å². The smallest absolute Gasteiger partial charge is 0.328 e. The van der Waals surface area contributed by atoms with Crippen LogP contribution in [0.5, 0.6) is 5.75 Å². The van der Waals surface area contributed by atoms with E-state index in [0.29, 0.717) is 42.6 Å². The molecular weight excluding hydrogens is 642 g/mol. The molecule has 5 aliphatic heterocycles. The van der Waals surface area contributed by atoms with E-state index in [1.807, 2.05) is 31.2 Å². The first-order valence-corrected chi connectivity index (χ1v) is 17.0. The molecule has 5 aliphatic rings. The molecule has 7 rings (SSSR count). The van der Waals surface area contributed by atoms with Gasteiger partial charge in [0.15, 0.2) is 0 Å². The lowest BCUT2D eigenvalue weighted by Crippen LogP contribution is -2.72. The van der Waals surface area contributed by atoms with Crippen LogP contribution >= 0.6 is 11.8 Å². The molecule has 14 nitrogen and oxygen atoms in total. The van der Waals surface area contributed by atoms with Crippen molar-refractivity contribution in [1.82, 2.24) is 24.6 Å². The first-order valence-electron chi connectivity index (χ1n) is 16.1. The predicted molar refractivity (Wildman–Crippen MR) is 172 cm³/mol. The van der Waals surface area contributed by atoms with Crippen LogP contribution in [-0.4, -0.2) is 124 Å². The first kappa shape index (κ1) is 32.5. The molecule has 3 atom stereocenters. The number of aromatic nitrogens is 1. The number of hydrogen-bond acceptors (Lipinski definition) is 10. The number of benzene rings is 1. The zero-order chi connectivity index (χ0) is 33.7. The van der Waals surface area contributed by atoms with Crippen molar-refractivity contribution >= 4 is 40.6 Å². The third-order valence-corrected chi connectivity index (χ3v) is 11.5. The molecule has 0 radical (unpaired) electrons. The van der Waals surface area contributed by atoms with E-state index in [4.69, 9.17) is 18.6 Å². The normalized spacial score (nSPS) is 25.1. The number of imide groups is 1. The van der Waals surface area contributed by atoms with Gasteiger partial charge in [-0.25, -0.2) is 14.6 Å². The van der Waals surface area contributed by atoms with Crippen molar-refractivity contribution in [3.8, 4) is 5.75 Å². The van der Waals surface area contributed by atoms with E-state index in [1.54, 1.807) is 30.0 Å². The SMILES string of the molecule is COc1ccccc1C(CN1C(=O)N(C2CN(C(=O)N3CC(C)(C(=O)O)C3)C2)C(=O)C2C(C)=C(c3ncco3)SC21)OC1CCOCC1. The van der Waals surface area contributed by atoms with Crippen LogP contribution in [0.2, 0.25) is 0 Å². The van der Waals surface area contributed by atoms with Gasteiger partial charge in [0.1, 0.15) is 23.5 Å². The molecule has 48 heavy (non-hydrogen) atoms. The number of urea groups is 2. The van der Waals surface area contributed by atoms with Crippen molar-refractivity contribution in [2.75, 3.05) is 53.0 Å². The maximum atomic E-state index is 14.5. The number of carbonyl (C=O) groups is 4. The van der Waals surface area contributed by atoms with Crippen molar-refractivity contribution in [3.05, 3.63) is 53.8 Å². The number of amides is 5. The minimum atomic E-state index is -0.969. The molecule has 1 aromatic carbocycles. The van der Waals surface area contributed by atoms with E-state index in [9.17, 15) is 24.3 Å². The van der Waals surface area contributed by atoms with Crippen LogP contribution in [0.3, 0.4) is 0 Å². The number of aliphatic carboxylic acids is 1. The molecule has 0 bridgehead atoms. The van der Waals surface area contributed by atoms with E-state index in [1.165, 1.54) is 27.8 Å². The Morgan fingerprint density at radius 2 is 1.88 bits per heavy atom. The number of carboxylic acid groups (broad SMARTS) is 1. The quantitative estimate of drug-likeness (QED) is 0.414. The van der Waals surface area contributed by atoms with Crippen LogP contribution in [0.15, 0.2) is 46.7 Å². The lowest BCUT2D eigenvalue weighted by molar-refractivity contribution is -0.156. The molecule has 4 saturated heterocycles. The minimum absolute atomic E-state index is 0.0863. The lowest BCUT2D eigenvalue weighted by Gasteiger charge is -2.53. The van der Waals surface area contributed by atoms with Crippen molar-refractivity contribution in [3.63, 3.8) is 0 Å². The Hall–Kier alpha value is -4.08. The van der Waals surface area contributed by atoms with Gasteiger partial charge in [0.05, 0.1) is 48.2 Å². The molecule has 1 aromatic heterocycles. The number of thioether (sulfide) groups is 1. The molecule has 0 aliphatic carbocycles. The molecule has 1 N–H and O–H groups in total. The second-order valence-electron chi connectivity index (χ2n) is 13.2. The molecular formula is C33H39N5O9S. The third kappa shape index (κ3) is 5.60. The Bertz CT molecular complexity index is 1610. The van der Waals surface area contributed by atoms with Crippen LogP contribution in [0, 0.1) is 11.3 Å². The second kappa shape index (κ2) is 12.7. The van der Waals surface area contributed by atoms with E-state index in [2.05, 4.69) is 4.98 Å². The van der Waals surface area contributed by atoms with Gasteiger partial charge >= 0.3 is 18.0 Å². The standard InChI is InChI=1S/C33H39N5O9S/c1-19-25-28(39)38(20-14-35(15-20)31(42)36-17-33(2,18-36)30(40)41)32(43)37(29(25)48-26(19)27-34-10-13-46-27)16-24(47-21-8-11-45-12-9-21)22-6-4-5-7-23(22)44-3/h4-7,10,13,20-21,24-25,29H,8-9,11-12,14-18H2,1-3H3,(H,40,41). The van der Waals surface area contributed by atoms with Crippen LogP contribution in [0.25, 0.3) is 4.91 Å². The van der Waals surface area contributed by atoms with E-state index >= 15 is 0 Å². The molecule has 6 heterocycles. The summed E-state index contributed by atoms with van der Waals surface area (Å²) in [5, 5.41) is 8.89. The summed E-state index contributed by atoms with van der Waals surface area (Å²) in [6, 6.07) is 6.30. The third-order valence-electron chi connectivity index (χ3n) is 9.98. The van der Waals surface area contributed by atoms with Crippen LogP contribution in [0.4, 0.5) is 9.59 Å². The van der Waals surface area contributed by atoms with Gasteiger partial charge in [-0.15, -0.1) is 0 Å². The van der Waals surface area contributed by atoms with E-state index in [0.717, 1.165) is 11.1 Å². The number of para-hydroxylation sites is 1. The number of carbonyl (C=O) groups excluding carboxylic acids is 3. The lowest BCUT2D eigenvalue weighted by atomic mass is 9.82. The maximum absolute atomic E-state index is 14.5. The van der Waals surface area contributed by atoms with Crippen molar-refractivity contribution in [2.24, 2.45) is 11.3 Å². The zero-order valence-electron chi connectivity index (χ0n) is 27.1. The summed E-state index contributed by atoms with van der Waals surface area (Å²) >= 11 is 1.39. The van der Waals surface area contributed by atoms with Gasteiger partial charge in [-0.3, -0.25) is 14.5 Å². The average Bonchev–Trinajstić information content (AvgIpc) is 3.70. The summed E-state index contributed by atoms with van der Waals surface area (Å²) in [5.74, 6) is -0.905. The Morgan fingerprint density at radius 3 is 2.54 bits per heavy atom. The molecule has 15 heteroatoms. The summed E-state index contributed by atoms with van der Waals surface area (Å²) < 4.78 is 23.6. The highest BCUT2D eigenvalue weighted by atomic mass is 32.2. The Kier molecular flexibility index (Phi) is 8.62. The summed E-state index contributed by atoms with van der Waals surface area (Å²) in [6.07, 6.45) is 3.81. The Balaban J connectivity index is 1.17. The fourth-order valence-electron chi connectivity index (χ4n) is 7.16. The predicted octanol–water partition coefficient (Wildman–Crippen LogP) is 3.52. The van der Waals surface area contributed by atoms with Crippen LogP contribution in [0.1, 0.15) is 44.2 Å². The van der Waals surface area contributed by atoms with Gasteiger partial charge in [-0.1, -0.05) is 30.0 Å². The molecule has 256 valence electrons. The van der Waals surface area contributed by atoms with Crippen LogP contribution < -0.4 is 4.74 Å². The van der Waals surface area contributed by atoms with Gasteiger partial charge in [0.25, 0.3) is 0 Å². The molecule has 0 spiro atoms. The molecule has 4 fully saturated rings. The first-order chi connectivity index (χ1) is 23.1. The number of hydrogen-bond donors (Lipinski definition) is 1. The highest BCUT2D eigenvalue weighted by Crippen LogP contribution is 2.52. The maximum Gasteiger partial charge on any atom is 0.328 e. The number of nitrogens with zero attached hydrogens (tertiary/aromatic N) is 5. The van der Waals surface area contributed by atoms with Gasteiger partial charge in [0, 0.05) is 45.0 Å². The topological polar surface area (TPSA) is 155 Å². The molecule has 5 amide bonds. The summed E-state index contributed by atoms with van der Waals surface area (Å²) in [6.45, 7) is 5.36. The van der Waals surface area contributed by atoms with Gasteiger partial charge < -0.3 is 38.4 Å². The molecule has 0 saturated carbocycles. The summed E-state index contributed by atoms with van der Waals surface area (Å²) in [4.78, 5) is 64.6.